The van der Waals surface area contributed by atoms with E-state index in [1.165, 1.54) is 6.21 Å². The molecule has 1 aliphatic heterocycles. The summed E-state index contributed by atoms with van der Waals surface area (Å²) in [6.45, 7) is 0.210. The van der Waals surface area contributed by atoms with Crippen molar-refractivity contribution >= 4 is 39.6 Å². The predicted octanol–water partition coefficient (Wildman–Crippen LogP) is 3.44. The monoisotopic (exact) mass is 431 g/mol. The van der Waals surface area contributed by atoms with Gasteiger partial charge in [0, 0.05) is 17.3 Å². The molecule has 7 nitrogen and oxygen atoms in total. The van der Waals surface area contributed by atoms with Gasteiger partial charge < -0.3 is 14.8 Å². The maximum Gasteiger partial charge on any atom is 0.240 e. The first-order valence-corrected chi connectivity index (χ1v) is 9.17. The van der Waals surface area contributed by atoms with E-state index in [2.05, 4.69) is 31.8 Å². The highest BCUT2D eigenvalue weighted by molar-refractivity contribution is 9.10. The average molecular weight is 432 g/mol. The molecule has 0 saturated heterocycles. The summed E-state index contributed by atoms with van der Waals surface area (Å²) in [6, 6.07) is 12.7. The second-order valence-electron chi connectivity index (χ2n) is 5.79. The lowest BCUT2D eigenvalue weighted by molar-refractivity contribution is -0.121. The topological polar surface area (TPSA) is 89.0 Å². The van der Waals surface area contributed by atoms with Crippen LogP contribution >= 0.6 is 15.9 Å². The fraction of sp³-hybridized carbons (Fsp3) is 0.211. The Kier molecular flexibility index (Phi) is 6.43. The van der Waals surface area contributed by atoms with Gasteiger partial charge in [-0.15, -0.1) is 0 Å². The van der Waals surface area contributed by atoms with E-state index >= 15 is 0 Å². The Bertz CT molecular complexity index is 870. The van der Waals surface area contributed by atoms with Crippen LogP contribution < -0.4 is 20.2 Å². The summed E-state index contributed by atoms with van der Waals surface area (Å²) < 4.78 is 11.3. The highest BCUT2D eigenvalue weighted by atomic mass is 79.9. The molecule has 3 rings (SSSR count). The van der Waals surface area contributed by atoms with E-state index in [-0.39, 0.29) is 31.4 Å². The zero-order valence-corrected chi connectivity index (χ0v) is 16.0. The van der Waals surface area contributed by atoms with Crippen LogP contribution in [0.2, 0.25) is 0 Å². The Hall–Kier alpha value is -2.87. The van der Waals surface area contributed by atoms with Gasteiger partial charge in [0.05, 0.1) is 11.9 Å². The fourth-order valence-corrected chi connectivity index (χ4v) is 2.80. The molecular formula is C19H18BrN3O4. The number of halogens is 1. The van der Waals surface area contributed by atoms with Gasteiger partial charge in [-0.3, -0.25) is 9.59 Å². The highest BCUT2D eigenvalue weighted by Gasteiger charge is 2.12. The molecule has 1 aliphatic rings. The summed E-state index contributed by atoms with van der Waals surface area (Å²) in [5.41, 5.74) is 3.94. The predicted molar refractivity (Wildman–Crippen MR) is 105 cm³/mol. The van der Waals surface area contributed by atoms with Crippen LogP contribution in [0.4, 0.5) is 5.69 Å². The lowest BCUT2D eigenvalue weighted by Crippen LogP contribution is -2.18. The smallest absolute Gasteiger partial charge is 0.240 e. The molecule has 1 heterocycles. The number of nitrogens with zero attached hydrogens (tertiary/aromatic N) is 1. The maximum absolute atomic E-state index is 11.9. The Morgan fingerprint density at radius 1 is 1.07 bits per heavy atom. The summed E-state index contributed by atoms with van der Waals surface area (Å²) in [6.07, 6.45) is 2.42. The third kappa shape index (κ3) is 5.55. The largest absolute Gasteiger partial charge is 0.454 e. The molecular weight excluding hydrogens is 414 g/mol. The van der Waals surface area contributed by atoms with Crippen molar-refractivity contribution in [2.75, 3.05) is 12.1 Å². The number of amides is 2. The third-order valence-electron chi connectivity index (χ3n) is 3.76. The van der Waals surface area contributed by atoms with Gasteiger partial charge in [-0.25, -0.2) is 5.43 Å². The molecule has 8 heteroatoms. The second-order valence-corrected chi connectivity index (χ2v) is 6.64. The number of benzene rings is 2. The number of nitrogens with one attached hydrogen (secondary N) is 2. The molecule has 0 unspecified atom stereocenters. The molecule has 0 bridgehead atoms. The number of ether oxygens (including phenoxy) is 2. The van der Waals surface area contributed by atoms with Crippen LogP contribution in [0, 0.1) is 0 Å². The molecule has 0 fully saturated rings. The van der Waals surface area contributed by atoms with E-state index < -0.39 is 0 Å². The summed E-state index contributed by atoms with van der Waals surface area (Å²) in [7, 11) is 0. The van der Waals surface area contributed by atoms with Gasteiger partial charge in [0.15, 0.2) is 11.5 Å². The van der Waals surface area contributed by atoms with Crippen LogP contribution in [-0.2, 0) is 9.59 Å². The molecule has 0 saturated carbocycles. The van der Waals surface area contributed by atoms with E-state index in [9.17, 15) is 9.59 Å². The quantitative estimate of drug-likeness (QED) is 0.518. The zero-order chi connectivity index (χ0) is 19.1. The molecule has 2 aromatic carbocycles. The van der Waals surface area contributed by atoms with Crippen molar-refractivity contribution in [3.63, 3.8) is 0 Å². The van der Waals surface area contributed by atoms with Gasteiger partial charge >= 0.3 is 0 Å². The van der Waals surface area contributed by atoms with E-state index in [0.717, 1.165) is 10.0 Å². The Morgan fingerprint density at radius 2 is 1.85 bits per heavy atom. The lowest BCUT2D eigenvalue weighted by atomic mass is 10.2. The number of fused-ring (bicyclic) bond motifs is 1. The molecule has 0 atom stereocenters. The van der Waals surface area contributed by atoms with Crippen LogP contribution in [0.15, 0.2) is 52.0 Å². The minimum Gasteiger partial charge on any atom is -0.454 e. The minimum atomic E-state index is -0.249. The second kappa shape index (κ2) is 9.18. The zero-order valence-electron chi connectivity index (χ0n) is 14.4. The first kappa shape index (κ1) is 18.9. The Morgan fingerprint density at radius 3 is 2.70 bits per heavy atom. The normalized spacial score (nSPS) is 12.2. The number of carbonyl (C=O) groups excluding carboxylic acids is 2. The van der Waals surface area contributed by atoms with Crippen LogP contribution in [0.5, 0.6) is 11.5 Å². The van der Waals surface area contributed by atoms with E-state index in [1.54, 1.807) is 18.2 Å². The standard InChI is InChI=1S/C19H18BrN3O4/c20-14-4-1-2-5-15(14)22-18(24)6-3-7-19(25)23-21-11-13-8-9-16-17(10-13)27-12-26-16/h1-2,4-5,8-11H,3,6-7,12H2,(H,22,24)(H,23,25)/b21-11+. The van der Waals surface area contributed by atoms with Crippen molar-refractivity contribution in [3.05, 3.63) is 52.5 Å². The Balaban J connectivity index is 1.37. The van der Waals surface area contributed by atoms with Crippen LogP contribution in [0.1, 0.15) is 24.8 Å². The molecule has 0 aliphatic carbocycles. The van der Waals surface area contributed by atoms with Gasteiger partial charge in [-0.2, -0.15) is 5.10 Å². The van der Waals surface area contributed by atoms with Gasteiger partial charge in [0.2, 0.25) is 18.6 Å². The molecule has 0 aromatic heterocycles. The number of hydrogen-bond acceptors (Lipinski definition) is 5. The number of hydrazone groups is 1. The maximum atomic E-state index is 11.9. The summed E-state index contributed by atoms with van der Waals surface area (Å²) in [4.78, 5) is 23.7. The van der Waals surface area contributed by atoms with Gasteiger partial charge in [-0.05, 0) is 58.2 Å². The summed E-state index contributed by atoms with van der Waals surface area (Å²) >= 11 is 3.37. The number of hydrogen-bond donors (Lipinski definition) is 2. The lowest BCUT2D eigenvalue weighted by Gasteiger charge is -2.06. The van der Waals surface area contributed by atoms with Gasteiger partial charge in [0.25, 0.3) is 0 Å². The third-order valence-corrected chi connectivity index (χ3v) is 4.45. The summed E-state index contributed by atoms with van der Waals surface area (Å²) in [5.74, 6) is 0.956. The number of anilines is 1. The van der Waals surface area contributed by atoms with E-state index in [4.69, 9.17) is 9.47 Å². The first-order valence-electron chi connectivity index (χ1n) is 8.38. The molecule has 2 amide bonds. The van der Waals surface area contributed by atoms with Crippen molar-refractivity contribution in [1.29, 1.82) is 0 Å². The molecule has 27 heavy (non-hydrogen) atoms. The van der Waals surface area contributed by atoms with Crippen molar-refractivity contribution in [2.24, 2.45) is 5.10 Å². The van der Waals surface area contributed by atoms with E-state index in [1.807, 2.05) is 24.3 Å². The number of carbonyl (C=O) groups is 2. The summed E-state index contributed by atoms with van der Waals surface area (Å²) in [5, 5.41) is 6.72. The SMILES string of the molecule is O=C(CCCC(=O)Nc1ccccc1Br)N/N=C/c1ccc2c(c1)OCO2. The van der Waals surface area contributed by atoms with Gasteiger partial charge in [-0.1, -0.05) is 12.1 Å². The molecule has 0 radical (unpaired) electrons. The molecule has 2 N–H and O–H groups in total. The number of rotatable bonds is 7. The number of para-hydroxylation sites is 1. The minimum absolute atomic E-state index is 0.140. The fourth-order valence-electron chi connectivity index (χ4n) is 2.41. The van der Waals surface area contributed by atoms with E-state index in [0.29, 0.717) is 23.6 Å². The Labute approximate surface area is 164 Å². The van der Waals surface area contributed by atoms with Crippen LogP contribution in [0.3, 0.4) is 0 Å². The van der Waals surface area contributed by atoms with Crippen LogP contribution in [-0.4, -0.2) is 24.8 Å². The van der Waals surface area contributed by atoms with Crippen molar-refractivity contribution in [1.82, 2.24) is 5.43 Å². The van der Waals surface area contributed by atoms with Gasteiger partial charge in [0.1, 0.15) is 0 Å². The van der Waals surface area contributed by atoms with Crippen LogP contribution in [0.25, 0.3) is 0 Å². The highest BCUT2D eigenvalue weighted by Crippen LogP contribution is 2.31. The molecule has 2 aromatic rings. The first-order chi connectivity index (χ1) is 13.1. The molecule has 0 spiro atoms. The van der Waals surface area contributed by atoms with Crippen molar-refractivity contribution in [2.45, 2.75) is 19.3 Å². The average Bonchev–Trinajstić information content (AvgIpc) is 3.11. The van der Waals surface area contributed by atoms with Crippen molar-refractivity contribution in [3.8, 4) is 11.5 Å². The molecule has 140 valence electrons. The van der Waals surface area contributed by atoms with Crippen molar-refractivity contribution < 1.29 is 19.1 Å².